The fraction of sp³-hybridized carbons (Fsp3) is 0.0303. The van der Waals surface area contributed by atoms with Gasteiger partial charge in [0.15, 0.2) is 0 Å². The summed E-state index contributed by atoms with van der Waals surface area (Å²) in [6.07, 6.45) is 0. The van der Waals surface area contributed by atoms with Crippen LogP contribution in [0.1, 0.15) is 5.56 Å². The number of hydrogen-bond acceptors (Lipinski definition) is 0. The molecule has 8 aromatic rings. The molecule has 0 aliphatic rings. The lowest BCUT2D eigenvalue weighted by Crippen LogP contribution is -1.79. The first kappa shape index (κ1) is 17.4. The molecule has 33 heavy (non-hydrogen) atoms. The van der Waals surface area contributed by atoms with Crippen molar-refractivity contribution in [2.45, 2.75) is 6.92 Å². The van der Waals surface area contributed by atoms with Crippen molar-refractivity contribution < 1.29 is 0 Å². The molecule has 0 atom stereocenters. The van der Waals surface area contributed by atoms with Crippen LogP contribution in [0.4, 0.5) is 0 Å². The minimum atomic E-state index is 1.27. The minimum Gasteiger partial charge on any atom is -0.0616 e. The molecule has 0 heteroatoms. The molecule has 0 aliphatic carbocycles. The molecule has 0 bridgehead atoms. The van der Waals surface area contributed by atoms with Crippen LogP contribution >= 0.6 is 0 Å². The molecule has 0 fully saturated rings. The van der Waals surface area contributed by atoms with E-state index in [4.69, 9.17) is 0 Å². The van der Waals surface area contributed by atoms with Crippen molar-refractivity contribution >= 4 is 64.6 Å². The summed E-state index contributed by atoms with van der Waals surface area (Å²) in [5.74, 6) is 0. The van der Waals surface area contributed by atoms with Crippen LogP contribution in [-0.2, 0) is 0 Å². The molecule has 0 unspecified atom stereocenters. The summed E-state index contributed by atoms with van der Waals surface area (Å²) in [6.45, 7) is 2.14. The highest BCUT2D eigenvalue weighted by atomic mass is 14.2. The second kappa shape index (κ2) is 5.99. The van der Waals surface area contributed by atoms with E-state index in [2.05, 4.69) is 110 Å². The molecule has 0 spiro atoms. The molecule has 8 aromatic carbocycles. The minimum absolute atomic E-state index is 1.27. The second-order valence-electron chi connectivity index (χ2n) is 9.38. The summed E-state index contributed by atoms with van der Waals surface area (Å²) in [4.78, 5) is 0. The third-order valence-electron chi connectivity index (χ3n) is 7.62. The van der Waals surface area contributed by atoms with Crippen molar-refractivity contribution in [3.05, 3.63) is 109 Å². The SMILES string of the molecule is Cc1ccc(-c2ccc3c(c2)c2cccc4c5c6ccccc6c6cccc(c65)c3c24)cc1. The van der Waals surface area contributed by atoms with Gasteiger partial charge in [0.25, 0.3) is 0 Å². The van der Waals surface area contributed by atoms with Gasteiger partial charge in [-0.25, -0.2) is 0 Å². The fourth-order valence-electron chi connectivity index (χ4n) is 6.18. The summed E-state index contributed by atoms with van der Waals surface area (Å²) in [6, 6.07) is 38.5. The van der Waals surface area contributed by atoms with Crippen LogP contribution in [0, 0.1) is 6.92 Å². The van der Waals surface area contributed by atoms with Crippen molar-refractivity contribution in [3.63, 3.8) is 0 Å². The summed E-state index contributed by atoms with van der Waals surface area (Å²) in [5.41, 5.74) is 3.84. The quantitative estimate of drug-likeness (QED) is 0.234. The highest BCUT2D eigenvalue weighted by molar-refractivity contribution is 6.47. The number of aryl methyl sites for hydroxylation is 1. The predicted molar refractivity (Wildman–Crippen MR) is 144 cm³/mol. The number of benzene rings is 6. The Kier molecular flexibility index (Phi) is 3.16. The average molecular weight is 417 g/mol. The van der Waals surface area contributed by atoms with Crippen molar-refractivity contribution in [1.29, 1.82) is 0 Å². The van der Waals surface area contributed by atoms with E-state index >= 15 is 0 Å². The van der Waals surface area contributed by atoms with Crippen LogP contribution in [0.15, 0.2) is 103 Å². The van der Waals surface area contributed by atoms with Crippen molar-refractivity contribution in [2.75, 3.05) is 0 Å². The Morgan fingerprint density at radius 1 is 0.333 bits per heavy atom. The molecule has 8 rings (SSSR count). The molecule has 0 amide bonds. The molecule has 0 radical (unpaired) electrons. The zero-order valence-electron chi connectivity index (χ0n) is 18.3. The first-order valence-corrected chi connectivity index (χ1v) is 11.6. The van der Waals surface area contributed by atoms with E-state index in [1.54, 1.807) is 0 Å². The lowest BCUT2D eigenvalue weighted by atomic mass is 9.95. The molecule has 0 aliphatic heterocycles. The third-order valence-corrected chi connectivity index (χ3v) is 7.62. The third kappa shape index (κ3) is 2.11. The number of rotatable bonds is 1. The Morgan fingerprint density at radius 3 is 1.42 bits per heavy atom. The zero-order chi connectivity index (χ0) is 21.7. The predicted octanol–water partition coefficient (Wildman–Crippen LogP) is 9.46. The van der Waals surface area contributed by atoms with Gasteiger partial charge < -0.3 is 0 Å². The topological polar surface area (TPSA) is 0 Å². The van der Waals surface area contributed by atoms with E-state index < -0.39 is 0 Å². The van der Waals surface area contributed by atoms with Gasteiger partial charge in [0.2, 0.25) is 0 Å². The molecule has 0 N–H and O–H groups in total. The average Bonchev–Trinajstić information content (AvgIpc) is 3.38. The molecule has 0 saturated carbocycles. The Balaban J connectivity index is 1.62. The molecular weight excluding hydrogens is 396 g/mol. The second-order valence-corrected chi connectivity index (χ2v) is 9.38. The van der Waals surface area contributed by atoms with Gasteiger partial charge in [-0.15, -0.1) is 0 Å². The maximum Gasteiger partial charge on any atom is -0.00137 e. The molecule has 152 valence electrons. The van der Waals surface area contributed by atoms with Crippen molar-refractivity contribution in [3.8, 4) is 11.1 Å². The largest absolute Gasteiger partial charge is 0.0616 e. The Morgan fingerprint density at radius 2 is 0.788 bits per heavy atom. The fourth-order valence-corrected chi connectivity index (χ4v) is 6.18. The van der Waals surface area contributed by atoms with E-state index in [1.165, 1.54) is 81.3 Å². The van der Waals surface area contributed by atoms with Gasteiger partial charge in [-0.2, -0.15) is 0 Å². The highest BCUT2D eigenvalue weighted by Gasteiger charge is 2.21. The number of hydrogen-bond donors (Lipinski definition) is 0. The molecule has 0 heterocycles. The first-order valence-electron chi connectivity index (χ1n) is 11.6. The monoisotopic (exact) mass is 416 g/mol. The standard InChI is InChI=1S/C33H20/c1-19-12-14-20(15-13-19)21-16-17-26-29(18-21)25-9-5-11-27-30-23-7-3-2-6-22(23)24-8-4-10-28(31(24)30)33(26)32(25)27/h2-18H,1H3. The summed E-state index contributed by atoms with van der Waals surface area (Å²) < 4.78 is 0. The molecule has 0 saturated heterocycles. The van der Waals surface area contributed by atoms with Gasteiger partial charge in [0.05, 0.1) is 0 Å². The smallest absolute Gasteiger partial charge is 0.00137 e. The Hall–Kier alpha value is -4.16. The normalized spacial score (nSPS) is 12.4. The van der Waals surface area contributed by atoms with Gasteiger partial charge >= 0.3 is 0 Å². The van der Waals surface area contributed by atoms with E-state index in [9.17, 15) is 0 Å². The van der Waals surface area contributed by atoms with E-state index in [1.807, 2.05) is 0 Å². The number of fused-ring (bicyclic) bond motifs is 8. The lowest BCUT2D eigenvalue weighted by molar-refractivity contribution is 1.47. The Labute approximate surface area is 191 Å². The van der Waals surface area contributed by atoms with Crippen LogP contribution in [0.25, 0.3) is 75.8 Å². The van der Waals surface area contributed by atoms with Crippen LogP contribution in [0.3, 0.4) is 0 Å². The highest BCUT2D eigenvalue weighted by Crippen LogP contribution is 2.50. The maximum atomic E-state index is 2.39. The summed E-state index contributed by atoms with van der Waals surface area (Å²) in [5, 5.41) is 16.5. The maximum absolute atomic E-state index is 2.39. The van der Waals surface area contributed by atoms with Crippen LogP contribution in [-0.4, -0.2) is 0 Å². The van der Waals surface area contributed by atoms with Gasteiger partial charge in [-0.1, -0.05) is 103 Å². The first-order chi connectivity index (χ1) is 16.3. The molecule has 0 nitrogen and oxygen atoms in total. The van der Waals surface area contributed by atoms with Crippen LogP contribution in [0.5, 0.6) is 0 Å². The van der Waals surface area contributed by atoms with Crippen LogP contribution in [0.2, 0.25) is 0 Å². The van der Waals surface area contributed by atoms with Crippen molar-refractivity contribution in [2.24, 2.45) is 0 Å². The molecular formula is C33H20. The van der Waals surface area contributed by atoms with E-state index in [0.717, 1.165) is 0 Å². The summed E-state index contributed by atoms with van der Waals surface area (Å²) in [7, 11) is 0. The van der Waals surface area contributed by atoms with E-state index in [0.29, 0.717) is 0 Å². The van der Waals surface area contributed by atoms with Gasteiger partial charge in [0, 0.05) is 0 Å². The van der Waals surface area contributed by atoms with E-state index in [-0.39, 0.29) is 0 Å². The van der Waals surface area contributed by atoms with Gasteiger partial charge in [-0.3, -0.25) is 0 Å². The molecule has 0 aromatic heterocycles. The summed E-state index contributed by atoms with van der Waals surface area (Å²) >= 11 is 0. The lowest BCUT2D eigenvalue weighted by Gasteiger charge is -2.07. The van der Waals surface area contributed by atoms with Gasteiger partial charge in [-0.05, 0) is 88.8 Å². The van der Waals surface area contributed by atoms with Crippen LogP contribution < -0.4 is 0 Å². The van der Waals surface area contributed by atoms with Gasteiger partial charge in [0.1, 0.15) is 0 Å². The van der Waals surface area contributed by atoms with Crippen molar-refractivity contribution in [1.82, 2.24) is 0 Å². The Bertz CT molecular complexity index is 2010. The zero-order valence-corrected chi connectivity index (χ0v) is 18.3.